The topological polar surface area (TPSA) is 230 Å². The molecule has 0 aliphatic rings. The summed E-state index contributed by atoms with van der Waals surface area (Å²) in [5.74, 6) is -5.38. The van der Waals surface area contributed by atoms with Crippen molar-refractivity contribution in [3.63, 3.8) is 0 Å². The summed E-state index contributed by atoms with van der Waals surface area (Å²) < 4.78 is 0. The molecule has 0 fully saturated rings. The highest BCUT2D eigenvalue weighted by molar-refractivity contribution is 5.96. The Morgan fingerprint density at radius 3 is 2.17 bits per heavy atom. The second-order valence-corrected chi connectivity index (χ2v) is 8.71. The molecule has 10 N–H and O–H groups in total. The fraction of sp³-hybridized carbons (Fsp3) is 0.435. The lowest BCUT2D eigenvalue weighted by atomic mass is 10.0. The first-order valence-corrected chi connectivity index (χ1v) is 11.3. The Bertz CT molecular complexity index is 1120. The molecule has 196 valence electrons. The number of hydrogen-bond donors (Lipinski definition) is 8. The molecule has 4 amide bonds. The van der Waals surface area contributed by atoms with Crippen LogP contribution in [0.5, 0.6) is 0 Å². The smallest absolute Gasteiger partial charge is 0.326 e. The summed E-state index contributed by atoms with van der Waals surface area (Å²) in [6.45, 7) is 2.31. The number of benzene rings is 1. The highest BCUT2D eigenvalue weighted by Crippen LogP contribution is 2.18. The number of aromatic amines is 1. The van der Waals surface area contributed by atoms with Gasteiger partial charge in [-0.3, -0.25) is 19.2 Å². The second-order valence-electron chi connectivity index (χ2n) is 8.71. The van der Waals surface area contributed by atoms with E-state index in [1.54, 1.807) is 20.0 Å². The number of hydrogen-bond acceptors (Lipinski definition) is 7. The van der Waals surface area contributed by atoms with Crippen molar-refractivity contribution in [2.24, 2.45) is 17.4 Å². The van der Waals surface area contributed by atoms with Gasteiger partial charge in [0.15, 0.2) is 0 Å². The number of carboxylic acid groups (broad SMARTS) is 1. The lowest BCUT2D eigenvalue weighted by Gasteiger charge is -2.24. The maximum atomic E-state index is 12.7. The summed E-state index contributed by atoms with van der Waals surface area (Å²) in [7, 11) is 0. The number of H-pyrrole nitrogens is 1. The molecule has 13 nitrogen and oxygen atoms in total. The number of amides is 4. The molecular weight excluding hydrogens is 472 g/mol. The zero-order valence-corrected chi connectivity index (χ0v) is 20.0. The van der Waals surface area contributed by atoms with Crippen molar-refractivity contribution in [3.05, 3.63) is 36.0 Å². The van der Waals surface area contributed by atoms with Gasteiger partial charge < -0.3 is 42.6 Å². The van der Waals surface area contributed by atoms with Crippen LogP contribution in [-0.2, 0) is 30.4 Å². The van der Waals surface area contributed by atoms with Crippen molar-refractivity contribution in [1.29, 1.82) is 0 Å². The Hall–Kier alpha value is -3.97. The summed E-state index contributed by atoms with van der Waals surface area (Å²) in [6.07, 6.45) is 1.24. The standard InChI is InChI=1S/C23H32N6O7/c1-11(2)19(23(35)36)29-21(33)16(8-18(25)31)27-22(34)17(10-30)28-20(32)14(24)7-12-9-26-15-6-4-3-5-13(12)15/h3-6,9,11,14,16-17,19,26,30H,7-8,10,24H2,1-2H3,(H2,25,31)(H,27,34)(H,28,32)(H,29,33)(H,35,36). The van der Waals surface area contributed by atoms with E-state index in [0.717, 1.165) is 16.5 Å². The van der Waals surface area contributed by atoms with Crippen molar-refractivity contribution in [2.75, 3.05) is 6.61 Å². The van der Waals surface area contributed by atoms with Gasteiger partial charge in [0.2, 0.25) is 23.6 Å². The number of nitrogens with two attached hydrogens (primary N) is 2. The van der Waals surface area contributed by atoms with Crippen LogP contribution >= 0.6 is 0 Å². The summed E-state index contributed by atoms with van der Waals surface area (Å²) in [5.41, 5.74) is 12.8. The molecule has 4 unspecified atom stereocenters. The third-order valence-corrected chi connectivity index (χ3v) is 5.54. The monoisotopic (exact) mass is 504 g/mol. The third-order valence-electron chi connectivity index (χ3n) is 5.54. The zero-order chi connectivity index (χ0) is 27.0. The number of aromatic nitrogens is 1. The molecule has 2 aromatic rings. The summed E-state index contributed by atoms with van der Waals surface area (Å²) in [6, 6.07) is 2.09. The number of aliphatic hydroxyl groups is 1. The van der Waals surface area contributed by atoms with Crippen molar-refractivity contribution in [2.45, 2.75) is 50.9 Å². The average Bonchev–Trinajstić information content (AvgIpc) is 3.22. The first-order valence-electron chi connectivity index (χ1n) is 11.3. The Balaban J connectivity index is 2.05. The van der Waals surface area contributed by atoms with E-state index >= 15 is 0 Å². The first kappa shape index (κ1) is 28.3. The van der Waals surface area contributed by atoms with Crippen molar-refractivity contribution in [1.82, 2.24) is 20.9 Å². The lowest BCUT2D eigenvalue weighted by Crippen LogP contribution is -2.59. The minimum Gasteiger partial charge on any atom is -0.480 e. The van der Waals surface area contributed by atoms with Gasteiger partial charge in [0.1, 0.15) is 18.1 Å². The van der Waals surface area contributed by atoms with Gasteiger partial charge in [-0.25, -0.2) is 4.79 Å². The Morgan fingerprint density at radius 2 is 1.58 bits per heavy atom. The van der Waals surface area contributed by atoms with E-state index in [4.69, 9.17) is 11.5 Å². The van der Waals surface area contributed by atoms with E-state index in [9.17, 15) is 34.2 Å². The molecular formula is C23H32N6O7. The fourth-order valence-electron chi connectivity index (χ4n) is 3.55. The van der Waals surface area contributed by atoms with Crippen molar-refractivity contribution < 1.29 is 34.2 Å². The maximum absolute atomic E-state index is 12.7. The van der Waals surface area contributed by atoms with Gasteiger partial charge in [0.25, 0.3) is 0 Å². The van der Waals surface area contributed by atoms with Crippen LogP contribution in [0.25, 0.3) is 10.9 Å². The summed E-state index contributed by atoms with van der Waals surface area (Å²) in [5, 5.41) is 26.6. The Kier molecular flexibility index (Phi) is 9.93. The summed E-state index contributed by atoms with van der Waals surface area (Å²) in [4.78, 5) is 63.8. The Labute approximate surface area is 207 Å². The molecule has 1 heterocycles. The molecule has 2 rings (SSSR count). The van der Waals surface area contributed by atoms with Crippen LogP contribution in [0.3, 0.4) is 0 Å². The molecule has 0 aliphatic carbocycles. The molecule has 0 spiro atoms. The minimum absolute atomic E-state index is 0.147. The van der Waals surface area contributed by atoms with E-state index in [1.165, 1.54) is 0 Å². The van der Waals surface area contributed by atoms with Gasteiger partial charge in [-0.15, -0.1) is 0 Å². The van der Waals surface area contributed by atoms with Crippen LogP contribution in [0.15, 0.2) is 30.5 Å². The van der Waals surface area contributed by atoms with E-state index in [2.05, 4.69) is 20.9 Å². The van der Waals surface area contributed by atoms with E-state index in [-0.39, 0.29) is 6.42 Å². The zero-order valence-electron chi connectivity index (χ0n) is 20.0. The number of rotatable bonds is 13. The molecule has 0 aliphatic heterocycles. The number of carboxylic acids is 1. The third kappa shape index (κ3) is 7.52. The van der Waals surface area contributed by atoms with E-state index in [1.807, 2.05) is 24.3 Å². The number of aliphatic hydroxyl groups excluding tert-OH is 1. The number of aliphatic carboxylic acids is 1. The Morgan fingerprint density at radius 1 is 0.972 bits per heavy atom. The normalized spacial score (nSPS) is 14.5. The molecule has 1 aromatic heterocycles. The van der Waals surface area contributed by atoms with Crippen molar-refractivity contribution >= 4 is 40.5 Å². The van der Waals surface area contributed by atoms with Gasteiger partial charge in [-0.1, -0.05) is 32.0 Å². The second kappa shape index (κ2) is 12.7. The molecule has 0 saturated heterocycles. The van der Waals surface area contributed by atoms with Gasteiger partial charge in [-0.05, 0) is 24.0 Å². The molecule has 0 saturated carbocycles. The highest BCUT2D eigenvalue weighted by Gasteiger charge is 2.32. The van der Waals surface area contributed by atoms with E-state index in [0.29, 0.717) is 0 Å². The molecule has 36 heavy (non-hydrogen) atoms. The number of carbonyl (C=O) groups excluding carboxylic acids is 4. The van der Waals surface area contributed by atoms with Crippen molar-refractivity contribution in [3.8, 4) is 0 Å². The van der Waals surface area contributed by atoms with Gasteiger partial charge in [0, 0.05) is 17.1 Å². The van der Waals surface area contributed by atoms with Gasteiger partial charge in [0.05, 0.1) is 19.1 Å². The number of para-hydroxylation sites is 1. The number of primary amides is 1. The van der Waals surface area contributed by atoms with Crippen LogP contribution in [0.4, 0.5) is 0 Å². The SMILES string of the molecule is CC(C)C(NC(=O)C(CC(N)=O)NC(=O)C(CO)NC(=O)C(N)Cc1c[nH]c2ccccc12)C(=O)O. The first-order chi connectivity index (χ1) is 16.9. The van der Waals surface area contributed by atoms with E-state index < -0.39 is 72.7 Å². The van der Waals surface area contributed by atoms with Gasteiger partial charge >= 0.3 is 5.97 Å². The predicted octanol–water partition coefficient (Wildman–Crippen LogP) is -1.90. The van der Waals surface area contributed by atoms with Crippen LogP contribution in [0.2, 0.25) is 0 Å². The highest BCUT2D eigenvalue weighted by atomic mass is 16.4. The maximum Gasteiger partial charge on any atom is 0.326 e. The number of fused-ring (bicyclic) bond motifs is 1. The van der Waals surface area contributed by atoms with Gasteiger partial charge in [-0.2, -0.15) is 0 Å². The van der Waals surface area contributed by atoms with Crippen LogP contribution in [0, 0.1) is 5.92 Å². The summed E-state index contributed by atoms with van der Waals surface area (Å²) >= 11 is 0. The molecule has 0 radical (unpaired) electrons. The quantitative estimate of drug-likeness (QED) is 0.153. The van der Waals surface area contributed by atoms with Crippen LogP contribution < -0.4 is 27.4 Å². The fourth-order valence-corrected chi connectivity index (χ4v) is 3.55. The van der Waals surface area contributed by atoms with Crippen LogP contribution in [0.1, 0.15) is 25.8 Å². The minimum atomic E-state index is -1.53. The largest absolute Gasteiger partial charge is 0.480 e. The molecule has 4 atom stereocenters. The van der Waals surface area contributed by atoms with Crippen LogP contribution in [-0.4, -0.2) is 75.6 Å². The molecule has 0 bridgehead atoms. The lowest BCUT2D eigenvalue weighted by molar-refractivity contribution is -0.143. The number of carbonyl (C=O) groups is 5. The molecule has 1 aromatic carbocycles. The average molecular weight is 505 g/mol. The molecule has 13 heteroatoms. The number of nitrogens with one attached hydrogen (secondary N) is 4. The predicted molar refractivity (Wildman–Crippen MR) is 129 cm³/mol.